The van der Waals surface area contributed by atoms with Gasteiger partial charge in [-0.05, 0) is 22.8 Å². The molecule has 1 unspecified atom stereocenters. The van der Waals surface area contributed by atoms with E-state index >= 15 is 0 Å². The molecule has 118 valence electrons. The van der Waals surface area contributed by atoms with Gasteiger partial charge in [-0.3, -0.25) is 4.99 Å². The van der Waals surface area contributed by atoms with Crippen molar-refractivity contribution in [2.75, 3.05) is 14.1 Å². The van der Waals surface area contributed by atoms with E-state index in [4.69, 9.17) is 4.99 Å². The van der Waals surface area contributed by atoms with Gasteiger partial charge >= 0.3 is 0 Å². The van der Waals surface area contributed by atoms with Crippen molar-refractivity contribution in [1.29, 1.82) is 0 Å². The van der Waals surface area contributed by atoms with Crippen LogP contribution in [0.4, 0.5) is 0 Å². The molecule has 2 aromatic rings. The van der Waals surface area contributed by atoms with Crippen LogP contribution < -0.4 is 0 Å². The fourth-order valence-corrected chi connectivity index (χ4v) is 3.11. The minimum atomic E-state index is 0. The fraction of sp³-hybridized carbons (Fsp3) is 0.235. The van der Waals surface area contributed by atoms with Gasteiger partial charge in [0.25, 0.3) is 0 Å². The first-order chi connectivity index (χ1) is 9.66. The normalized spacial score (nSPS) is 15.8. The standard InChI is InChI=1S/C17H17BrN2.ClH.H2O/c1-20(2)16-11-12-7-3-4-8-13(12)17(19-16)14-9-5-6-10-15(14)18;;/h3-10,17H,11H2,1-2H3;1H;1H2. The molecule has 2 aromatic carbocycles. The Balaban J connectivity index is 0.00000121. The predicted octanol–water partition coefficient (Wildman–Crippen LogP) is 3.65. The molecule has 0 bridgehead atoms. The predicted molar refractivity (Wildman–Crippen MR) is 98.1 cm³/mol. The third-order valence-corrected chi connectivity index (χ3v) is 4.41. The van der Waals surface area contributed by atoms with Crippen LogP contribution in [-0.2, 0) is 6.42 Å². The number of fused-ring (bicyclic) bond motifs is 1. The molecule has 0 saturated heterocycles. The molecule has 0 amide bonds. The van der Waals surface area contributed by atoms with Gasteiger partial charge in [0.15, 0.2) is 0 Å². The molecular formula is C17H20BrClN2O. The van der Waals surface area contributed by atoms with Crippen molar-refractivity contribution in [3.8, 4) is 0 Å². The molecule has 0 saturated carbocycles. The van der Waals surface area contributed by atoms with Crippen LogP contribution in [0.2, 0.25) is 0 Å². The largest absolute Gasteiger partial charge is 0.412 e. The minimum absolute atomic E-state index is 0. The molecule has 3 rings (SSSR count). The SMILES string of the molecule is CN(C)C1=NC(c2ccccc2Br)c2ccccc2C1.Cl.O. The molecule has 0 radical (unpaired) electrons. The summed E-state index contributed by atoms with van der Waals surface area (Å²) < 4.78 is 1.11. The van der Waals surface area contributed by atoms with Gasteiger partial charge in [0.1, 0.15) is 11.9 Å². The van der Waals surface area contributed by atoms with Gasteiger partial charge in [0, 0.05) is 25.0 Å². The highest BCUT2D eigenvalue weighted by atomic mass is 79.9. The summed E-state index contributed by atoms with van der Waals surface area (Å²) in [6.45, 7) is 0. The van der Waals surface area contributed by atoms with Crippen LogP contribution in [0.3, 0.4) is 0 Å². The molecule has 0 aliphatic carbocycles. The summed E-state index contributed by atoms with van der Waals surface area (Å²) in [5.41, 5.74) is 3.90. The molecule has 2 N–H and O–H groups in total. The van der Waals surface area contributed by atoms with Crippen LogP contribution in [-0.4, -0.2) is 30.3 Å². The number of benzene rings is 2. The number of aliphatic imine (C=N–C) groups is 1. The Morgan fingerprint density at radius 2 is 1.59 bits per heavy atom. The number of hydrogen-bond donors (Lipinski definition) is 0. The van der Waals surface area contributed by atoms with Crippen LogP contribution in [0.25, 0.3) is 0 Å². The van der Waals surface area contributed by atoms with Gasteiger partial charge in [-0.15, -0.1) is 12.4 Å². The molecule has 1 heterocycles. The summed E-state index contributed by atoms with van der Waals surface area (Å²) in [7, 11) is 4.12. The number of nitrogens with zero attached hydrogens (tertiary/aromatic N) is 2. The van der Waals surface area contributed by atoms with E-state index in [1.54, 1.807) is 0 Å². The second kappa shape index (κ2) is 7.77. The van der Waals surface area contributed by atoms with Crippen LogP contribution in [0.1, 0.15) is 22.7 Å². The van der Waals surface area contributed by atoms with Crippen LogP contribution in [0, 0.1) is 0 Å². The molecule has 0 fully saturated rings. The first-order valence-corrected chi connectivity index (χ1v) is 7.52. The highest BCUT2D eigenvalue weighted by Gasteiger charge is 2.24. The number of rotatable bonds is 1. The summed E-state index contributed by atoms with van der Waals surface area (Å²) >= 11 is 3.66. The second-order valence-electron chi connectivity index (χ2n) is 5.24. The van der Waals surface area contributed by atoms with Gasteiger partial charge in [-0.2, -0.15) is 0 Å². The maximum absolute atomic E-state index is 4.97. The number of amidine groups is 1. The van der Waals surface area contributed by atoms with Crippen molar-refractivity contribution in [2.45, 2.75) is 12.5 Å². The molecular weight excluding hydrogens is 364 g/mol. The van der Waals surface area contributed by atoms with Gasteiger partial charge in [0.2, 0.25) is 0 Å². The summed E-state index contributed by atoms with van der Waals surface area (Å²) in [5.74, 6) is 1.13. The average Bonchev–Trinajstić information content (AvgIpc) is 2.46. The first kappa shape index (κ1) is 18.7. The quantitative estimate of drug-likeness (QED) is 0.741. The summed E-state index contributed by atoms with van der Waals surface area (Å²) in [6.07, 6.45) is 0.907. The lowest BCUT2D eigenvalue weighted by atomic mass is 9.90. The van der Waals surface area contributed by atoms with Crippen LogP contribution >= 0.6 is 28.3 Å². The Morgan fingerprint density at radius 1 is 1.00 bits per heavy atom. The van der Waals surface area contributed by atoms with E-state index < -0.39 is 0 Å². The molecule has 3 nitrogen and oxygen atoms in total. The highest BCUT2D eigenvalue weighted by molar-refractivity contribution is 9.10. The molecule has 5 heteroatoms. The van der Waals surface area contributed by atoms with Crippen molar-refractivity contribution < 1.29 is 5.48 Å². The third-order valence-electron chi connectivity index (χ3n) is 3.69. The molecule has 1 aliphatic heterocycles. The number of likely N-dealkylation sites (N-methyl/N-ethyl adjacent to an activating group) is 1. The lowest BCUT2D eigenvalue weighted by Gasteiger charge is -2.28. The number of hydrogen-bond acceptors (Lipinski definition) is 2. The van der Waals surface area contributed by atoms with Gasteiger partial charge in [-0.25, -0.2) is 0 Å². The van der Waals surface area contributed by atoms with Crippen molar-refractivity contribution in [3.05, 3.63) is 69.7 Å². The Bertz CT molecular complexity index is 673. The van der Waals surface area contributed by atoms with E-state index in [-0.39, 0.29) is 23.9 Å². The van der Waals surface area contributed by atoms with E-state index in [0.717, 1.165) is 16.7 Å². The van der Waals surface area contributed by atoms with E-state index in [9.17, 15) is 0 Å². The lowest BCUT2D eigenvalue weighted by molar-refractivity contribution is 0.591. The minimum Gasteiger partial charge on any atom is -0.412 e. The zero-order valence-corrected chi connectivity index (χ0v) is 15.0. The van der Waals surface area contributed by atoms with E-state index in [2.05, 4.69) is 77.4 Å². The molecule has 1 atom stereocenters. The average molecular weight is 384 g/mol. The van der Waals surface area contributed by atoms with Crippen molar-refractivity contribution in [3.63, 3.8) is 0 Å². The van der Waals surface area contributed by atoms with Gasteiger partial charge < -0.3 is 10.4 Å². The second-order valence-corrected chi connectivity index (χ2v) is 6.09. The number of halogens is 2. The van der Waals surface area contributed by atoms with E-state index in [1.807, 2.05) is 6.07 Å². The lowest BCUT2D eigenvalue weighted by Crippen LogP contribution is -2.28. The summed E-state index contributed by atoms with van der Waals surface area (Å²) in [5, 5.41) is 0. The summed E-state index contributed by atoms with van der Waals surface area (Å²) in [6, 6.07) is 17.0. The fourth-order valence-electron chi connectivity index (χ4n) is 2.60. The smallest absolute Gasteiger partial charge is 0.104 e. The topological polar surface area (TPSA) is 47.1 Å². The zero-order valence-electron chi connectivity index (χ0n) is 12.6. The maximum atomic E-state index is 4.97. The zero-order chi connectivity index (χ0) is 14.1. The Morgan fingerprint density at radius 3 is 2.23 bits per heavy atom. The molecule has 1 aliphatic rings. The Labute approximate surface area is 145 Å². The first-order valence-electron chi connectivity index (χ1n) is 6.73. The van der Waals surface area contributed by atoms with Crippen molar-refractivity contribution in [1.82, 2.24) is 4.90 Å². The van der Waals surface area contributed by atoms with Gasteiger partial charge in [-0.1, -0.05) is 58.4 Å². The summed E-state index contributed by atoms with van der Waals surface area (Å²) in [4.78, 5) is 7.08. The highest BCUT2D eigenvalue weighted by Crippen LogP contribution is 2.36. The Kier molecular flexibility index (Phi) is 6.60. The molecule has 0 spiro atoms. The van der Waals surface area contributed by atoms with Gasteiger partial charge in [0.05, 0.1) is 0 Å². The third kappa shape index (κ3) is 3.51. The van der Waals surface area contributed by atoms with Crippen molar-refractivity contribution in [2.24, 2.45) is 4.99 Å². The van der Waals surface area contributed by atoms with Crippen LogP contribution in [0.15, 0.2) is 58.0 Å². The monoisotopic (exact) mass is 382 g/mol. The molecule has 0 aromatic heterocycles. The van der Waals surface area contributed by atoms with E-state index in [0.29, 0.717) is 0 Å². The maximum Gasteiger partial charge on any atom is 0.104 e. The Hall–Kier alpha value is -1.36. The van der Waals surface area contributed by atoms with Crippen LogP contribution in [0.5, 0.6) is 0 Å². The van der Waals surface area contributed by atoms with Crippen molar-refractivity contribution >= 4 is 34.2 Å². The van der Waals surface area contributed by atoms with E-state index in [1.165, 1.54) is 16.7 Å². The molecule has 22 heavy (non-hydrogen) atoms.